The highest BCUT2D eigenvalue weighted by Crippen LogP contribution is 2.22. The Morgan fingerprint density at radius 3 is 2.74 bits per heavy atom. The molecule has 2 aromatic carbocycles. The molecule has 0 spiro atoms. The highest BCUT2D eigenvalue weighted by molar-refractivity contribution is 6.31. The molecule has 1 heterocycles. The van der Waals surface area contributed by atoms with Crippen molar-refractivity contribution in [2.24, 2.45) is 0 Å². The van der Waals surface area contributed by atoms with Gasteiger partial charge >= 0.3 is 0 Å². The van der Waals surface area contributed by atoms with Crippen LogP contribution in [0.2, 0.25) is 5.02 Å². The van der Waals surface area contributed by atoms with Gasteiger partial charge in [0.25, 0.3) is 0 Å². The fourth-order valence-electron chi connectivity index (χ4n) is 2.15. The zero-order valence-corrected chi connectivity index (χ0v) is 12.8. The summed E-state index contributed by atoms with van der Waals surface area (Å²) in [6.07, 6.45) is 3.48. The molecule has 0 aliphatic heterocycles. The molecule has 0 radical (unpaired) electrons. The molecule has 1 aromatic heterocycles. The van der Waals surface area contributed by atoms with Gasteiger partial charge in [-0.2, -0.15) is 5.10 Å². The van der Waals surface area contributed by atoms with E-state index >= 15 is 0 Å². The van der Waals surface area contributed by atoms with Crippen LogP contribution in [-0.2, 0) is 11.2 Å². The van der Waals surface area contributed by atoms with Crippen molar-refractivity contribution in [2.75, 3.05) is 5.32 Å². The van der Waals surface area contributed by atoms with Crippen LogP contribution in [0.15, 0.2) is 60.9 Å². The lowest BCUT2D eigenvalue weighted by Gasteiger charge is -2.06. The maximum atomic E-state index is 13.8. The van der Waals surface area contributed by atoms with E-state index in [2.05, 4.69) is 10.4 Å². The zero-order chi connectivity index (χ0) is 16.2. The Morgan fingerprint density at radius 2 is 1.96 bits per heavy atom. The Morgan fingerprint density at radius 1 is 1.17 bits per heavy atom. The molecule has 3 rings (SSSR count). The zero-order valence-electron chi connectivity index (χ0n) is 12.0. The molecular formula is C17H13ClFN3O. The predicted molar refractivity (Wildman–Crippen MR) is 87.3 cm³/mol. The van der Waals surface area contributed by atoms with E-state index in [1.807, 2.05) is 30.3 Å². The molecular weight excluding hydrogens is 317 g/mol. The quantitative estimate of drug-likeness (QED) is 0.790. The SMILES string of the molecule is O=C(Cc1cnn(-c2ccccc2)c1)Nc1cccc(Cl)c1F. The Labute approximate surface area is 137 Å². The second-order valence-electron chi connectivity index (χ2n) is 4.96. The van der Waals surface area contributed by atoms with Gasteiger partial charge in [0, 0.05) is 6.20 Å². The largest absolute Gasteiger partial charge is 0.323 e. The Hall–Kier alpha value is -2.66. The summed E-state index contributed by atoms with van der Waals surface area (Å²) in [5.74, 6) is -0.971. The predicted octanol–water partition coefficient (Wildman–Crippen LogP) is 3.85. The van der Waals surface area contributed by atoms with Crippen LogP contribution >= 0.6 is 11.6 Å². The number of nitrogens with one attached hydrogen (secondary N) is 1. The maximum Gasteiger partial charge on any atom is 0.228 e. The van der Waals surface area contributed by atoms with Crippen LogP contribution in [0.5, 0.6) is 0 Å². The topological polar surface area (TPSA) is 46.9 Å². The second kappa shape index (κ2) is 6.62. The summed E-state index contributed by atoms with van der Waals surface area (Å²) in [4.78, 5) is 12.0. The standard InChI is InChI=1S/C17H13ClFN3O/c18-14-7-4-8-15(17(14)19)21-16(23)9-12-10-20-22(11-12)13-5-2-1-3-6-13/h1-8,10-11H,9H2,(H,21,23). The lowest BCUT2D eigenvalue weighted by molar-refractivity contribution is -0.115. The summed E-state index contributed by atoms with van der Waals surface area (Å²) in [7, 11) is 0. The molecule has 6 heteroatoms. The van der Waals surface area contributed by atoms with Crippen molar-refractivity contribution >= 4 is 23.2 Å². The van der Waals surface area contributed by atoms with Crippen molar-refractivity contribution in [3.63, 3.8) is 0 Å². The Kier molecular flexibility index (Phi) is 4.39. The highest BCUT2D eigenvalue weighted by atomic mass is 35.5. The Bertz CT molecular complexity index is 833. The number of halogens is 2. The summed E-state index contributed by atoms with van der Waals surface area (Å²) in [6, 6.07) is 14.0. The lowest BCUT2D eigenvalue weighted by atomic mass is 10.2. The minimum absolute atomic E-state index is 0.0281. The first-order valence-corrected chi connectivity index (χ1v) is 7.34. The van der Waals surface area contributed by atoms with Crippen molar-refractivity contribution in [2.45, 2.75) is 6.42 Å². The molecule has 0 unspecified atom stereocenters. The van der Waals surface area contributed by atoms with Gasteiger partial charge in [-0.3, -0.25) is 4.79 Å². The minimum atomic E-state index is -0.637. The van der Waals surface area contributed by atoms with Crippen molar-refractivity contribution in [1.82, 2.24) is 9.78 Å². The third-order valence-corrected chi connectivity index (χ3v) is 3.54. The summed E-state index contributed by atoms with van der Waals surface area (Å²) >= 11 is 5.69. The molecule has 1 amide bonds. The number of para-hydroxylation sites is 1. The number of benzene rings is 2. The first-order valence-electron chi connectivity index (χ1n) is 6.96. The molecule has 3 aromatic rings. The van der Waals surface area contributed by atoms with E-state index in [-0.39, 0.29) is 23.0 Å². The van der Waals surface area contributed by atoms with E-state index in [1.54, 1.807) is 23.1 Å². The van der Waals surface area contributed by atoms with E-state index in [0.29, 0.717) is 0 Å². The molecule has 0 aliphatic carbocycles. The van der Waals surface area contributed by atoms with E-state index in [0.717, 1.165) is 11.3 Å². The van der Waals surface area contributed by atoms with Crippen LogP contribution < -0.4 is 5.32 Å². The number of rotatable bonds is 4. The summed E-state index contributed by atoms with van der Waals surface area (Å²) in [5.41, 5.74) is 1.70. The number of nitrogens with zero attached hydrogens (tertiary/aromatic N) is 2. The summed E-state index contributed by atoms with van der Waals surface area (Å²) < 4.78 is 15.4. The summed E-state index contributed by atoms with van der Waals surface area (Å²) in [5, 5.41) is 6.70. The molecule has 0 bridgehead atoms. The number of aromatic nitrogens is 2. The lowest BCUT2D eigenvalue weighted by Crippen LogP contribution is -2.15. The van der Waals surface area contributed by atoms with Gasteiger partial charge < -0.3 is 5.32 Å². The second-order valence-corrected chi connectivity index (χ2v) is 5.36. The van der Waals surface area contributed by atoms with E-state index in [4.69, 9.17) is 11.6 Å². The number of carbonyl (C=O) groups excluding carboxylic acids is 1. The van der Waals surface area contributed by atoms with Crippen LogP contribution in [0.3, 0.4) is 0 Å². The molecule has 116 valence electrons. The smallest absolute Gasteiger partial charge is 0.228 e. The fourth-order valence-corrected chi connectivity index (χ4v) is 2.33. The van der Waals surface area contributed by atoms with E-state index in [1.165, 1.54) is 12.1 Å². The summed E-state index contributed by atoms with van der Waals surface area (Å²) in [6.45, 7) is 0. The normalized spacial score (nSPS) is 10.5. The fraction of sp³-hybridized carbons (Fsp3) is 0.0588. The molecule has 0 aliphatic rings. The average Bonchev–Trinajstić information content (AvgIpc) is 3.01. The van der Waals surface area contributed by atoms with Crippen LogP contribution in [0.4, 0.5) is 10.1 Å². The van der Waals surface area contributed by atoms with Gasteiger partial charge in [-0.1, -0.05) is 35.9 Å². The molecule has 1 N–H and O–H groups in total. The van der Waals surface area contributed by atoms with Crippen LogP contribution in [0, 0.1) is 5.82 Å². The van der Waals surface area contributed by atoms with Crippen molar-refractivity contribution in [3.05, 3.63) is 77.3 Å². The number of carbonyl (C=O) groups is 1. The number of amides is 1. The first-order chi connectivity index (χ1) is 11.1. The van der Waals surface area contributed by atoms with Crippen molar-refractivity contribution < 1.29 is 9.18 Å². The third-order valence-electron chi connectivity index (χ3n) is 3.25. The number of anilines is 1. The van der Waals surface area contributed by atoms with Gasteiger partial charge in [-0.25, -0.2) is 9.07 Å². The first kappa shape index (κ1) is 15.2. The monoisotopic (exact) mass is 329 g/mol. The van der Waals surface area contributed by atoms with Crippen molar-refractivity contribution in [1.29, 1.82) is 0 Å². The highest BCUT2D eigenvalue weighted by Gasteiger charge is 2.11. The van der Waals surface area contributed by atoms with Gasteiger partial charge in [-0.15, -0.1) is 0 Å². The molecule has 4 nitrogen and oxygen atoms in total. The molecule has 0 fully saturated rings. The Balaban J connectivity index is 1.69. The van der Waals surface area contributed by atoms with Crippen LogP contribution in [0.1, 0.15) is 5.56 Å². The van der Waals surface area contributed by atoms with E-state index in [9.17, 15) is 9.18 Å². The molecule has 0 atom stereocenters. The van der Waals surface area contributed by atoms with Gasteiger partial charge in [0.2, 0.25) is 5.91 Å². The maximum absolute atomic E-state index is 13.8. The molecule has 23 heavy (non-hydrogen) atoms. The van der Waals surface area contributed by atoms with E-state index < -0.39 is 5.82 Å². The third kappa shape index (κ3) is 3.57. The number of hydrogen-bond donors (Lipinski definition) is 1. The minimum Gasteiger partial charge on any atom is -0.323 e. The van der Waals surface area contributed by atoms with Crippen molar-refractivity contribution in [3.8, 4) is 5.69 Å². The van der Waals surface area contributed by atoms with Crippen LogP contribution in [-0.4, -0.2) is 15.7 Å². The molecule has 0 saturated carbocycles. The molecule has 0 saturated heterocycles. The average molecular weight is 330 g/mol. The van der Waals surface area contributed by atoms with Gasteiger partial charge in [0.1, 0.15) is 0 Å². The van der Waals surface area contributed by atoms with Gasteiger partial charge in [0.15, 0.2) is 5.82 Å². The van der Waals surface area contributed by atoms with Gasteiger partial charge in [0.05, 0.1) is 29.0 Å². The van der Waals surface area contributed by atoms with Gasteiger partial charge in [-0.05, 0) is 29.8 Å². The van der Waals surface area contributed by atoms with Crippen LogP contribution in [0.25, 0.3) is 5.69 Å². The number of hydrogen-bond acceptors (Lipinski definition) is 2.